The number of hydrogen-bond acceptors (Lipinski definition) is 5. The molecule has 0 N–H and O–H groups in total. The lowest BCUT2D eigenvalue weighted by molar-refractivity contribution is 0.0323. The second-order valence-corrected chi connectivity index (χ2v) is 4.72. The average Bonchev–Trinajstić information content (AvgIpc) is 2.49. The van der Waals surface area contributed by atoms with E-state index in [9.17, 15) is 4.79 Å². The molecule has 0 amide bonds. The van der Waals surface area contributed by atoms with Crippen LogP contribution in [-0.2, 0) is 4.74 Å². The molecule has 2 heterocycles. The predicted molar refractivity (Wildman–Crippen MR) is 75.2 cm³/mol. The van der Waals surface area contributed by atoms with Gasteiger partial charge in [-0.2, -0.15) is 0 Å². The Balaban J connectivity index is 1.69. The highest BCUT2D eigenvalue weighted by Gasteiger charge is 2.11. The van der Waals surface area contributed by atoms with Gasteiger partial charge in [-0.15, -0.1) is 0 Å². The molecule has 0 atom stereocenters. The van der Waals surface area contributed by atoms with Gasteiger partial charge in [0.2, 0.25) is 0 Å². The van der Waals surface area contributed by atoms with E-state index in [1.807, 2.05) is 6.07 Å². The summed E-state index contributed by atoms with van der Waals surface area (Å²) in [7, 11) is 0. The third-order valence-corrected chi connectivity index (χ3v) is 3.42. The first-order valence-corrected chi connectivity index (χ1v) is 6.78. The lowest BCUT2D eigenvalue weighted by Crippen LogP contribution is -2.38. The number of rotatable bonds is 4. The molecule has 0 bridgehead atoms. The van der Waals surface area contributed by atoms with Crippen molar-refractivity contribution in [2.45, 2.75) is 0 Å². The van der Waals surface area contributed by atoms with Crippen LogP contribution in [0.25, 0.3) is 11.0 Å². The lowest BCUT2D eigenvalue weighted by atomic mass is 10.2. The fraction of sp³-hybridized carbons (Fsp3) is 0.400. The molecule has 1 saturated heterocycles. The van der Waals surface area contributed by atoms with Crippen LogP contribution in [0.5, 0.6) is 5.75 Å². The Bertz CT molecular complexity index is 626. The number of ether oxygens (including phenoxy) is 2. The highest BCUT2D eigenvalue weighted by Crippen LogP contribution is 2.21. The first kappa shape index (κ1) is 13.1. The van der Waals surface area contributed by atoms with Gasteiger partial charge in [0.25, 0.3) is 0 Å². The molecule has 1 aliphatic rings. The number of benzene rings is 1. The molecule has 3 rings (SSSR count). The third kappa shape index (κ3) is 2.84. The first-order chi connectivity index (χ1) is 9.84. The van der Waals surface area contributed by atoms with E-state index in [0.717, 1.165) is 32.8 Å². The number of nitrogens with zero attached hydrogens (tertiary/aromatic N) is 1. The molecule has 0 aliphatic carbocycles. The zero-order valence-corrected chi connectivity index (χ0v) is 11.2. The highest BCUT2D eigenvalue weighted by molar-refractivity contribution is 5.82. The Kier molecular flexibility index (Phi) is 3.99. The summed E-state index contributed by atoms with van der Waals surface area (Å²) in [6, 6.07) is 6.82. The van der Waals surface area contributed by atoms with Crippen LogP contribution >= 0.6 is 0 Å². The van der Waals surface area contributed by atoms with Crippen molar-refractivity contribution in [1.82, 2.24) is 4.90 Å². The average molecular weight is 275 g/mol. The molecule has 1 aromatic carbocycles. The summed E-state index contributed by atoms with van der Waals surface area (Å²) >= 11 is 0. The quantitative estimate of drug-likeness (QED) is 0.846. The second kappa shape index (κ2) is 6.07. The van der Waals surface area contributed by atoms with Crippen molar-refractivity contribution < 1.29 is 13.9 Å². The van der Waals surface area contributed by atoms with E-state index < -0.39 is 0 Å². The molecule has 106 valence electrons. The maximum Gasteiger partial charge on any atom is 0.196 e. The fourth-order valence-corrected chi connectivity index (χ4v) is 2.33. The number of morpholine rings is 1. The summed E-state index contributed by atoms with van der Waals surface area (Å²) < 4.78 is 16.4. The van der Waals surface area contributed by atoms with Crippen molar-refractivity contribution in [1.29, 1.82) is 0 Å². The van der Waals surface area contributed by atoms with Crippen LogP contribution in [0, 0.1) is 0 Å². The molecule has 1 fully saturated rings. The van der Waals surface area contributed by atoms with E-state index in [-0.39, 0.29) is 5.43 Å². The van der Waals surface area contributed by atoms with Crippen LogP contribution < -0.4 is 10.2 Å². The van der Waals surface area contributed by atoms with Gasteiger partial charge >= 0.3 is 0 Å². The van der Waals surface area contributed by atoms with E-state index in [1.54, 1.807) is 12.1 Å². The maximum atomic E-state index is 11.9. The molecule has 20 heavy (non-hydrogen) atoms. The Morgan fingerprint density at radius 3 is 2.90 bits per heavy atom. The van der Waals surface area contributed by atoms with Crippen LogP contribution in [0.15, 0.2) is 39.7 Å². The Morgan fingerprint density at radius 1 is 1.20 bits per heavy atom. The standard InChI is InChI=1S/C15H17NO4/c17-12-4-8-19-13-2-1-3-14(15(12)13)20-11-7-16-5-9-18-10-6-16/h1-4,8H,5-7,9-11H2. The van der Waals surface area contributed by atoms with Gasteiger partial charge in [0.1, 0.15) is 23.3 Å². The van der Waals surface area contributed by atoms with Crippen molar-refractivity contribution in [2.24, 2.45) is 0 Å². The van der Waals surface area contributed by atoms with Gasteiger partial charge < -0.3 is 13.9 Å². The maximum absolute atomic E-state index is 11.9. The van der Waals surface area contributed by atoms with Crippen molar-refractivity contribution >= 4 is 11.0 Å². The normalized spacial score (nSPS) is 16.4. The van der Waals surface area contributed by atoms with E-state index in [0.29, 0.717) is 23.3 Å². The van der Waals surface area contributed by atoms with Crippen LogP contribution in [0.2, 0.25) is 0 Å². The van der Waals surface area contributed by atoms with Gasteiger partial charge in [0.15, 0.2) is 5.43 Å². The smallest absolute Gasteiger partial charge is 0.196 e. The molecule has 1 aromatic heterocycles. The van der Waals surface area contributed by atoms with Gasteiger partial charge in [-0.25, -0.2) is 0 Å². The summed E-state index contributed by atoms with van der Waals surface area (Å²) in [5, 5.41) is 0.511. The van der Waals surface area contributed by atoms with E-state index in [1.165, 1.54) is 12.3 Å². The monoisotopic (exact) mass is 275 g/mol. The predicted octanol–water partition coefficient (Wildman–Crippen LogP) is 1.50. The summed E-state index contributed by atoms with van der Waals surface area (Å²) in [6.07, 6.45) is 1.40. The Morgan fingerprint density at radius 2 is 2.05 bits per heavy atom. The van der Waals surface area contributed by atoms with Crippen molar-refractivity contribution in [2.75, 3.05) is 39.5 Å². The van der Waals surface area contributed by atoms with Crippen LogP contribution in [0.1, 0.15) is 0 Å². The highest BCUT2D eigenvalue weighted by atomic mass is 16.5. The molecule has 1 aliphatic heterocycles. The van der Waals surface area contributed by atoms with Crippen LogP contribution in [-0.4, -0.2) is 44.4 Å². The number of fused-ring (bicyclic) bond motifs is 1. The molecule has 0 spiro atoms. The largest absolute Gasteiger partial charge is 0.491 e. The zero-order chi connectivity index (χ0) is 13.8. The van der Waals surface area contributed by atoms with Crippen molar-refractivity contribution in [3.05, 3.63) is 40.8 Å². The van der Waals surface area contributed by atoms with Gasteiger partial charge in [-0.3, -0.25) is 9.69 Å². The topological polar surface area (TPSA) is 51.9 Å². The van der Waals surface area contributed by atoms with Gasteiger partial charge in [-0.1, -0.05) is 6.07 Å². The van der Waals surface area contributed by atoms with Gasteiger partial charge in [0.05, 0.1) is 19.5 Å². The van der Waals surface area contributed by atoms with Crippen molar-refractivity contribution in [3.63, 3.8) is 0 Å². The molecular weight excluding hydrogens is 258 g/mol. The molecule has 2 aromatic rings. The van der Waals surface area contributed by atoms with Gasteiger partial charge in [-0.05, 0) is 12.1 Å². The van der Waals surface area contributed by atoms with E-state index in [2.05, 4.69) is 4.90 Å². The zero-order valence-electron chi connectivity index (χ0n) is 11.2. The van der Waals surface area contributed by atoms with Crippen LogP contribution in [0.4, 0.5) is 0 Å². The Hall–Kier alpha value is -1.85. The lowest BCUT2D eigenvalue weighted by Gasteiger charge is -2.26. The summed E-state index contributed by atoms with van der Waals surface area (Å²) in [5.74, 6) is 0.588. The van der Waals surface area contributed by atoms with Crippen molar-refractivity contribution in [3.8, 4) is 5.75 Å². The first-order valence-electron chi connectivity index (χ1n) is 6.78. The minimum absolute atomic E-state index is 0.0757. The summed E-state index contributed by atoms with van der Waals surface area (Å²) in [4.78, 5) is 14.2. The van der Waals surface area contributed by atoms with E-state index >= 15 is 0 Å². The van der Waals surface area contributed by atoms with E-state index in [4.69, 9.17) is 13.9 Å². The molecule has 5 nitrogen and oxygen atoms in total. The van der Waals surface area contributed by atoms with Gasteiger partial charge in [0, 0.05) is 25.7 Å². The SMILES string of the molecule is O=c1ccoc2cccc(OCCN3CCOCC3)c12. The van der Waals surface area contributed by atoms with Crippen LogP contribution in [0.3, 0.4) is 0 Å². The molecular formula is C15H17NO4. The third-order valence-electron chi connectivity index (χ3n) is 3.42. The summed E-state index contributed by atoms with van der Waals surface area (Å²) in [6.45, 7) is 4.79. The fourth-order valence-electron chi connectivity index (χ4n) is 2.33. The molecule has 5 heteroatoms. The summed E-state index contributed by atoms with van der Waals surface area (Å²) in [5.41, 5.74) is 0.481. The second-order valence-electron chi connectivity index (χ2n) is 4.72. The molecule has 0 radical (unpaired) electrons. The number of hydrogen-bond donors (Lipinski definition) is 0. The Labute approximate surface area is 116 Å². The molecule has 0 unspecified atom stereocenters. The minimum atomic E-state index is -0.0757. The molecule has 0 saturated carbocycles. The minimum Gasteiger partial charge on any atom is -0.491 e.